The van der Waals surface area contributed by atoms with E-state index >= 15 is 0 Å². The Labute approximate surface area is 268 Å². The average molecular weight is 674 g/mol. The van der Waals surface area contributed by atoms with Crippen molar-refractivity contribution in [3.8, 4) is 0 Å². The molecule has 234 valence electrons. The molecular weight excluding hydrogens is 637 g/mol. The molecule has 2 N–H and O–H groups in total. The second-order valence-electron chi connectivity index (χ2n) is 11.3. The minimum Gasteiger partial charge on any atom is -0.335 e. The molecule has 1 aliphatic carbocycles. The normalized spacial score (nSPS) is 19.6. The number of hydrogen-bond acceptors (Lipinski definition) is 7. The third kappa shape index (κ3) is 8.29. The summed E-state index contributed by atoms with van der Waals surface area (Å²) in [6, 6.07) is 16.1. The van der Waals surface area contributed by atoms with Crippen LogP contribution in [0, 0.1) is 5.92 Å². The van der Waals surface area contributed by atoms with Gasteiger partial charge in [-0.05, 0) is 73.1 Å². The molecule has 0 fully saturated rings. The van der Waals surface area contributed by atoms with E-state index in [1.807, 2.05) is 36.4 Å². The number of rotatable bonds is 11. The summed E-state index contributed by atoms with van der Waals surface area (Å²) in [7, 11) is -8.04. The van der Waals surface area contributed by atoms with E-state index in [9.17, 15) is 25.9 Å². The highest BCUT2D eigenvalue weighted by Gasteiger charge is 2.25. The second-order valence-corrected chi connectivity index (χ2v) is 16.5. The molecule has 1 unspecified atom stereocenters. The van der Waals surface area contributed by atoms with E-state index in [-0.39, 0.29) is 11.5 Å². The molecule has 0 amide bonds. The maximum absolute atomic E-state index is 11.3. The van der Waals surface area contributed by atoms with E-state index in [1.165, 1.54) is 16.7 Å². The summed E-state index contributed by atoms with van der Waals surface area (Å²) in [4.78, 5) is 3.24. The predicted molar refractivity (Wildman–Crippen MR) is 180 cm³/mol. The van der Waals surface area contributed by atoms with E-state index in [4.69, 9.17) is 0 Å². The molecule has 44 heavy (non-hydrogen) atoms. The highest BCUT2D eigenvalue weighted by molar-refractivity contribution is 8.03. The summed E-state index contributed by atoms with van der Waals surface area (Å²) < 4.78 is 67.0. The molecule has 0 bridgehead atoms. The zero-order chi connectivity index (χ0) is 31.5. The van der Waals surface area contributed by atoms with Gasteiger partial charge in [0.15, 0.2) is 6.54 Å². The lowest BCUT2D eigenvalue weighted by atomic mass is 9.81. The molecule has 2 heterocycles. The SMILES string of the molecule is CC1=C(/C=C/c2sc3ccccc3[n+]2CCCS(=O)(=O)O)CC(C)C/C1=C\C=C1/Sc2ccccc2N1CCCS(=O)(=O)O. The van der Waals surface area contributed by atoms with Crippen molar-refractivity contribution in [2.75, 3.05) is 23.0 Å². The van der Waals surface area contributed by atoms with Crippen LogP contribution in [0.5, 0.6) is 0 Å². The molecule has 3 aromatic rings. The lowest BCUT2D eigenvalue weighted by molar-refractivity contribution is -0.668. The first-order valence-corrected chi connectivity index (χ1v) is 19.4. The minimum absolute atomic E-state index is 0.278. The first kappa shape index (κ1) is 32.6. The number of thioether (sulfide) groups is 1. The van der Waals surface area contributed by atoms with Crippen LogP contribution in [-0.4, -0.2) is 44.0 Å². The number of allylic oxidation sites excluding steroid dienone is 6. The van der Waals surface area contributed by atoms with Crippen molar-refractivity contribution in [3.63, 3.8) is 0 Å². The molecule has 1 aliphatic heterocycles. The van der Waals surface area contributed by atoms with Crippen molar-refractivity contribution in [2.45, 2.75) is 51.0 Å². The zero-order valence-corrected chi connectivity index (χ0v) is 28.0. The van der Waals surface area contributed by atoms with Crippen molar-refractivity contribution in [1.29, 1.82) is 0 Å². The van der Waals surface area contributed by atoms with Crippen LogP contribution in [0.3, 0.4) is 0 Å². The largest absolute Gasteiger partial charge is 0.335 e. The van der Waals surface area contributed by atoms with Gasteiger partial charge in [-0.3, -0.25) is 9.11 Å². The van der Waals surface area contributed by atoms with Crippen molar-refractivity contribution in [3.05, 3.63) is 93.5 Å². The lowest BCUT2D eigenvalue weighted by Crippen LogP contribution is -2.36. The molecular formula is C32H37N2O6S4+. The number of thiazole rings is 1. The van der Waals surface area contributed by atoms with Gasteiger partial charge in [0.25, 0.3) is 25.2 Å². The monoisotopic (exact) mass is 673 g/mol. The fraction of sp³-hybridized carbons (Fsp3) is 0.344. The molecule has 1 aromatic heterocycles. The molecule has 8 nitrogen and oxygen atoms in total. The van der Waals surface area contributed by atoms with Gasteiger partial charge < -0.3 is 4.90 Å². The Kier molecular flexibility index (Phi) is 10.2. The Morgan fingerprint density at radius 3 is 2.41 bits per heavy atom. The average Bonchev–Trinajstić information content (AvgIpc) is 3.49. The molecule has 0 saturated heterocycles. The smallest absolute Gasteiger partial charge is 0.265 e. The summed E-state index contributed by atoms with van der Waals surface area (Å²) in [5.41, 5.74) is 5.82. The van der Waals surface area contributed by atoms with Crippen LogP contribution in [0.25, 0.3) is 16.3 Å². The molecule has 0 radical (unpaired) electrons. The Balaban J connectivity index is 1.41. The van der Waals surface area contributed by atoms with Gasteiger partial charge in [0.1, 0.15) is 4.70 Å². The van der Waals surface area contributed by atoms with Crippen LogP contribution in [0.4, 0.5) is 5.69 Å². The van der Waals surface area contributed by atoms with Crippen molar-refractivity contribution in [2.24, 2.45) is 5.92 Å². The van der Waals surface area contributed by atoms with E-state index in [0.29, 0.717) is 31.8 Å². The number of aryl methyl sites for hydroxylation is 1. The van der Waals surface area contributed by atoms with Gasteiger partial charge in [-0.15, -0.1) is 0 Å². The molecule has 0 spiro atoms. The van der Waals surface area contributed by atoms with Crippen molar-refractivity contribution < 1.29 is 30.5 Å². The summed E-state index contributed by atoms with van der Waals surface area (Å²) in [6.07, 6.45) is 11.1. The fourth-order valence-electron chi connectivity index (χ4n) is 5.69. The number of benzene rings is 2. The van der Waals surface area contributed by atoms with E-state index in [1.54, 1.807) is 23.1 Å². The first-order valence-electron chi connectivity index (χ1n) is 14.5. The van der Waals surface area contributed by atoms with Gasteiger partial charge in [0.2, 0.25) is 5.52 Å². The van der Waals surface area contributed by atoms with E-state index in [0.717, 1.165) is 43.7 Å². The molecule has 1 atom stereocenters. The fourth-order valence-corrected chi connectivity index (χ4v) is 8.86. The molecule has 0 saturated carbocycles. The van der Waals surface area contributed by atoms with Gasteiger partial charge in [-0.2, -0.15) is 21.4 Å². The maximum atomic E-state index is 11.3. The summed E-state index contributed by atoms with van der Waals surface area (Å²) >= 11 is 3.32. The van der Waals surface area contributed by atoms with Gasteiger partial charge in [0.05, 0.1) is 22.2 Å². The van der Waals surface area contributed by atoms with Gasteiger partial charge in [0, 0.05) is 30.0 Å². The number of nitrogens with zero attached hydrogens (tertiary/aromatic N) is 2. The number of aromatic nitrogens is 1. The quantitative estimate of drug-likeness (QED) is 0.167. The van der Waals surface area contributed by atoms with Crippen LogP contribution in [0.1, 0.15) is 44.5 Å². The van der Waals surface area contributed by atoms with Crippen LogP contribution < -0.4 is 9.47 Å². The Morgan fingerprint density at radius 1 is 0.932 bits per heavy atom. The third-order valence-corrected chi connectivity index (χ3v) is 11.7. The Morgan fingerprint density at radius 2 is 1.64 bits per heavy atom. The number of hydrogen-bond donors (Lipinski definition) is 2. The molecule has 12 heteroatoms. The van der Waals surface area contributed by atoms with Gasteiger partial charge >= 0.3 is 0 Å². The summed E-state index contributed by atoms with van der Waals surface area (Å²) in [6.45, 7) is 5.37. The highest BCUT2D eigenvalue weighted by atomic mass is 32.2. The number of para-hydroxylation sites is 2. The summed E-state index contributed by atoms with van der Waals surface area (Å²) in [5, 5.41) is 2.04. The van der Waals surface area contributed by atoms with Gasteiger partial charge in [-0.1, -0.05) is 66.4 Å². The summed E-state index contributed by atoms with van der Waals surface area (Å²) in [5.74, 6) is -0.105. The number of fused-ring (bicyclic) bond motifs is 2. The lowest BCUT2D eigenvalue weighted by Gasteiger charge is -2.24. The van der Waals surface area contributed by atoms with Crippen LogP contribution >= 0.6 is 23.1 Å². The van der Waals surface area contributed by atoms with Crippen LogP contribution in [0.2, 0.25) is 0 Å². The standard InChI is InChI=1S/C32H36N2O6S4/c1-23-21-25(13-15-31-33(17-7-19-43(35,36)37)27-9-3-5-11-29(27)41-31)24(2)26(22-23)14-16-32-34(18-8-20-44(38,39)40)28-10-4-6-12-30(28)42-32/h3-6,9-16,23H,7-8,17-22H2,1-2H3,(H-,35,36,37,38,39,40)/p+1. The van der Waals surface area contributed by atoms with E-state index < -0.39 is 20.2 Å². The minimum atomic E-state index is -4.02. The van der Waals surface area contributed by atoms with Crippen molar-refractivity contribution >= 4 is 65.3 Å². The Hall–Kier alpha value is -2.74. The van der Waals surface area contributed by atoms with Gasteiger partial charge in [-0.25, -0.2) is 0 Å². The topological polar surface area (TPSA) is 116 Å². The number of anilines is 1. The maximum Gasteiger partial charge on any atom is 0.265 e. The molecule has 5 rings (SSSR count). The highest BCUT2D eigenvalue weighted by Crippen LogP contribution is 2.46. The third-order valence-electron chi connectivity index (χ3n) is 7.80. The zero-order valence-electron chi connectivity index (χ0n) is 24.7. The van der Waals surface area contributed by atoms with Crippen LogP contribution in [-0.2, 0) is 26.8 Å². The predicted octanol–water partition coefficient (Wildman–Crippen LogP) is 6.88. The van der Waals surface area contributed by atoms with Crippen molar-refractivity contribution in [1.82, 2.24) is 0 Å². The second kappa shape index (κ2) is 13.7. The molecule has 2 aliphatic rings. The first-order chi connectivity index (χ1) is 20.9. The Bertz CT molecular complexity index is 1890. The van der Waals surface area contributed by atoms with Crippen LogP contribution in [0.15, 0.2) is 93.4 Å². The van der Waals surface area contributed by atoms with E-state index in [2.05, 4.69) is 59.8 Å². The molecule has 2 aromatic carbocycles.